The molecule has 1 aliphatic heterocycles. The van der Waals surface area contributed by atoms with Gasteiger partial charge in [-0.15, -0.1) is 0 Å². The molecule has 2 N–H and O–H groups in total. The van der Waals surface area contributed by atoms with E-state index in [4.69, 9.17) is 4.42 Å². The Balaban J connectivity index is 1.51. The van der Waals surface area contributed by atoms with E-state index in [1.807, 2.05) is 12.1 Å². The molecule has 0 saturated heterocycles. The summed E-state index contributed by atoms with van der Waals surface area (Å²) in [6.45, 7) is 4.04. The van der Waals surface area contributed by atoms with Crippen LogP contribution in [0.2, 0.25) is 0 Å². The van der Waals surface area contributed by atoms with Crippen molar-refractivity contribution in [2.75, 3.05) is 19.6 Å². The molecule has 0 bridgehead atoms. The lowest BCUT2D eigenvalue weighted by Gasteiger charge is -2.26. The van der Waals surface area contributed by atoms with Gasteiger partial charge >= 0.3 is 0 Å². The molecule has 0 radical (unpaired) electrons. The molecule has 2 aromatic rings. The third-order valence-electron chi connectivity index (χ3n) is 3.72. The van der Waals surface area contributed by atoms with E-state index >= 15 is 0 Å². The first-order valence-electron chi connectivity index (χ1n) is 6.95. The number of nitrogens with one attached hydrogen (secondary N) is 2. The van der Waals surface area contributed by atoms with Gasteiger partial charge in [-0.1, -0.05) is 24.3 Å². The molecule has 3 nitrogen and oxygen atoms in total. The molecular formula is C16H20N2O. The topological polar surface area (TPSA) is 37.2 Å². The fourth-order valence-electron chi connectivity index (χ4n) is 2.71. The summed E-state index contributed by atoms with van der Waals surface area (Å²) in [5.74, 6) is 1.62. The Morgan fingerprint density at radius 2 is 2.16 bits per heavy atom. The summed E-state index contributed by atoms with van der Waals surface area (Å²) in [5, 5.41) is 7.02. The minimum Gasteiger partial charge on any atom is -0.469 e. The lowest BCUT2D eigenvalue weighted by atomic mass is 9.91. The van der Waals surface area contributed by atoms with Gasteiger partial charge in [0.2, 0.25) is 0 Å². The van der Waals surface area contributed by atoms with Crippen molar-refractivity contribution >= 4 is 0 Å². The number of furan rings is 1. The molecule has 1 aromatic carbocycles. The van der Waals surface area contributed by atoms with Crippen molar-refractivity contribution in [2.45, 2.75) is 18.9 Å². The van der Waals surface area contributed by atoms with E-state index in [0.29, 0.717) is 5.92 Å². The SMILES string of the molecule is c1coc(CCNCC2CNCc3ccccc32)c1. The van der Waals surface area contributed by atoms with Gasteiger partial charge in [0.25, 0.3) is 0 Å². The van der Waals surface area contributed by atoms with Crippen molar-refractivity contribution in [2.24, 2.45) is 0 Å². The second kappa shape index (κ2) is 6.04. The lowest BCUT2D eigenvalue weighted by molar-refractivity contribution is 0.477. The molecule has 0 fully saturated rings. The maximum atomic E-state index is 5.33. The molecule has 3 heteroatoms. The van der Waals surface area contributed by atoms with Crippen LogP contribution in [0.25, 0.3) is 0 Å². The van der Waals surface area contributed by atoms with Gasteiger partial charge in [-0.25, -0.2) is 0 Å². The number of benzene rings is 1. The molecule has 1 aliphatic rings. The molecule has 0 aliphatic carbocycles. The van der Waals surface area contributed by atoms with Crippen LogP contribution in [0.4, 0.5) is 0 Å². The number of fused-ring (bicyclic) bond motifs is 1. The highest BCUT2D eigenvalue weighted by Gasteiger charge is 2.18. The van der Waals surface area contributed by atoms with Crippen LogP contribution in [0.15, 0.2) is 47.1 Å². The lowest BCUT2D eigenvalue weighted by Crippen LogP contribution is -2.35. The van der Waals surface area contributed by atoms with E-state index in [-0.39, 0.29) is 0 Å². The third-order valence-corrected chi connectivity index (χ3v) is 3.72. The van der Waals surface area contributed by atoms with Crippen LogP contribution in [0.5, 0.6) is 0 Å². The van der Waals surface area contributed by atoms with Gasteiger partial charge in [-0.05, 0) is 23.3 Å². The van der Waals surface area contributed by atoms with Crippen LogP contribution < -0.4 is 10.6 Å². The van der Waals surface area contributed by atoms with Crippen LogP contribution in [-0.2, 0) is 13.0 Å². The average molecular weight is 256 g/mol. The van der Waals surface area contributed by atoms with Crippen molar-refractivity contribution in [3.63, 3.8) is 0 Å². The van der Waals surface area contributed by atoms with E-state index < -0.39 is 0 Å². The zero-order valence-corrected chi connectivity index (χ0v) is 11.1. The van der Waals surface area contributed by atoms with Crippen LogP contribution in [-0.4, -0.2) is 19.6 Å². The second-order valence-corrected chi connectivity index (χ2v) is 5.06. The zero-order valence-electron chi connectivity index (χ0n) is 11.1. The largest absolute Gasteiger partial charge is 0.469 e. The van der Waals surface area contributed by atoms with Gasteiger partial charge in [-0.3, -0.25) is 0 Å². The van der Waals surface area contributed by atoms with Gasteiger partial charge in [0.1, 0.15) is 5.76 Å². The van der Waals surface area contributed by atoms with E-state index in [0.717, 1.165) is 38.4 Å². The van der Waals surface area contributed by atoms with E-state index in [1.54, 1.807) is 6.26 Å². The fourth-order valence-corrected chi connectivity index (χ4v) is 2.71. The van der Waals surface area contributed by atoms with Crippen molar-refractivity contribution in [3.8, 4) is 0 Å². The maximum Gasteiger partial charge on any atom is 0.105 e. The number of hydrogen-bond acceptors (Lipinski definition) is 3. The summed E-state index contributed by atoms with van der Waals surface area (Å²) < 4.78 is 5.33. The monoisotopic (exact) mass is 256 g/mol. The molecule has 1 atom stereocenters. The Morgan fingerprint density at radius 3 is 3.05 bits per heavy atom. The molecule has 1 unspecified atom stereocenters. The van der Waals surface area contributed by atoms with Crippen molar-refractivity contribution in [3.05, 3.63) is 59.5 Å². The highest BCUT2D eigenvalue weighted by molar-refractivity contribution is 5.32. The summed E-state index contributed by atoms with van der Waals surface area (Å²) in [7, 11) is 0. The molecule has 19 heavy (non-hydrogen) atoms. The van der Waals surface area contributed by atoms with Crippen LogP contribution in [0.3, 0.4) is 0 Å². The first kappa shape index (κ1) is 12.5. The van der Waals surface area contributed by atoms with Crippen molar-refractivity contribution < 1.29 is 4.42 Å². The molecule has 3 rings (SSSR count). The smallest absolute Gasteiger partial charge is 0.105 e. The van der Waals surface area contributed by atoms with Crippen LogP contribution in [0.1, 0.15) is 22.8 Å². The summed E-state index contributed by atoms with van der Waals surface area (Å²) in [4.78, 5) is 0. The van der Waals surface area contributed by atoms with E-state index in [9.17, 15) is 0 Å². The zero-order chi connectivity index (χ0) is 12.9. The Kier molecular flexibility index (Phi) is 3.96. The molecule has 0 amide bonds. The quantitative estimate of drug-likeness (QED) is 0.806. The van der Waals surface area contributed by atoms with Crippen molar-refractivity contribution in [1.29, 1.82) is 0 Å². The highest BCUT2D eigenvalue weighted by Crippen LogP contribution is 2.22. The molecule has 1 aromatic heterocycles. The Morgan fingerprint density at radius 1 is 1.21 bits per heavy atom. The molecule has 100 valence electrons. The van der Waals surface area contributed by atoms with Crippen LogP contribution >= 0.6 is 0 Å². The predicted molar refractivity (Wildman–Crippen MR) is 76.2 cm³/mol. The molecule has 0 spiro atoms. The van der Waals surface area contributed by atoms with Gasteiger partial charge in [0.15, 0.2) is 0 Å². The molecule has 2 heterocycles. The summed E-state index contributed by atoms with van der Waals surface area (Å²) in [6.07, 6.45) is 2.69. The van der Waals surface area contributed by atoms with Crippen LogP contribution in [0, 0.1) is 0 Å². The first-order valence-corrected chi connectivity index (χ1v) is 6.95. The summed E-state index contributed by atoms with van der Waals surface area (Å²) in [6, 6.07) is 12.7. The highest BCUT2D eigenvalue weighted by atomic mass is 16.3. The Hall–Kier alpha value is -1.58. The number of rotatable bonds is 5. The Labute approximate surface area is 114 Å². The summed E-state index contributed by atoms with van der Waals surface area (Å²) in [5.41, 5.74) is 2.93. The fraction of sp³-hybridized carbons (Fsp3) is 0.375. The normalized spacial score (nSPS) is 18.2. The average Bonchev–Trinajstić information content (AvgIpc) is 2.97. The van der Waals surface area contributed by atoms with E-state index in [2.05, 4.69) is 34.9 Å². The van der Waals surface area contributed by atoms with E-state index in [1.165, 1.54) is 11.1 Å². The van der Waals surface area contributed by atoms with Crippen molar-refractivity contribution in [1.82, 2.24) is 10.6 Å². The second-order valence-electron chi connectivity index (χ2n) is 5.06. The van der Waals surface area contributed by atoms with Gasteiger partial charge in [0.05, 0.1) is 6.26 Å². The molecule has 0 saturated carbocycles. The number of hydrogen-bond donors (Lipinski definition) is 2. The van der Waals surface area contributed by atoms with Gasteiger partial charge < -0.3 is 15.1 Å². The molecular weight excluding hydrogens is 236 g/mol. The van der Waals surface area contributed by atoms with Gasteiger partial charge in [-0.2, -0.15) is 0 Å². The summed E-state index contributed by atoms with van der Waals surface area (Å²) >= 11 is 0. The standard InChI is InChI=1S/C16H20N2O/c1-2-6-16-13(4-1)10-18-12-14(16)11-17-8-7-15-5-3-9-19-15/h1-6,9,14,17-18H,7-8,10-12H2. The first-order chi connectivity index (χ1) is 9.43. The minimum absolute atomic E-state index is 0.571. The minimum atomic E-state index is 0.571. The predicted octanol–water partition coefficient (Wildman–Crippen LogP) is 2.30. The maximum absolute atomic E-state index is 5.33. The Bertz CT molecular complexity index is 507. The third kappa shape index (κ3) is 3.06. The van der Waals surface area contributed by atoms with Gasteiger partial charge in [0, 0.05) is 38.5 Å².